The van der Waals surface area contributed by atoms with Crippen molar-refractivity contribution in [3.63, 3.8) is 0 Å². The van der Waals surface area contributed by atoms with E-state index in [1.54, 1.807) is 14.2 Å². The van der Waals surface area contributed by atoms with Gasteiger partial charge in [0.15, 0.2) is 0 Å². The molecule has 0 bridgehead atoms. The van der Waals surface area contributed by atoms with Crippen molar-refractivity contribution in [1.82, 2.24) is 0 Å². The van der Waals surface area contributed by atoms with E-state index >= 15 is 0 Å². The number of fused-ring (bicyclic) bond motifs is 5. The molecule has 0 aromatic heterocycles. The fraction of sp³-hybridized carbons (Fsp3) is 1.00. The van der Waals surface area contributed by atoms with E-state index in [1.165, 1.54) is 64.2 Å². The summed E-state index contributed by atoms with van der Waals surface area (Å²) in [5, 5.41) is 10.3. The zero-order valence-electron chi connectivity index (χ0n) is 23.5. The number of ether oxygens (including phenoxy) is 1. The second kappa shape index (κ2) is 11.3. The predicted molar refractivity (Wildman–Crippen MR) is 141 cm³/mol. The Morgan fingerprint density at radius 2 is 1.48 bits per heavy atom. The lowest BCUT2D eigenvalue weighted by molar-refractivity contribution is -0.129. The summed E-state index contributed by atoms with van der Waals surface area (Å²) in [5.41, 5.74) is 1.14. The molecule has 0 saturated heterocycles. The molecule has 0 unspecified atom stereocenters. The lowest BCUT2D eigenvalue weighted by Crippen LogP contribution is -2.54. The van der Waals surface area contributed by atoms with E-state index < -0.39 is 0 Å². The lowest BCUT2D eigenvalue weighted by Gasteiger charge is -2.61. The fourth-order valence-electron chi connectivity index (χ4n) is 9.90. The zero-order valence-corrected chi connectivity index (χ0v) is 23.5. The Morgan fingerprint density at radius 1 is 0.848 bits per heavy atom. The molecular formula is C31H58O2. The highest BCUT2D eigenvalue weighted by atomic mass is 16.4. The van der Waals surface area contributed by atoms with E-state index in [4.69, 9.17) is 0 Å². The maximum absolute atomic E-state index is 10.3. The number of aliphatic hydroxyl groups is 1. The first-order valence-corrected chi connectivity index (χ1v) is 14.7. The first-order chi connectivity index (χ1) is 15.6. The smallest absolute Gasteiger partial charge is 0.0543 e. The van der Waals surface area contributed by atoms with Crippen LogP contribution in [0.15, 0.2) is 0 Å². The molecule has 0 aromatic carbocycles. The van der Waals surface area contributed by atoms with Gasteiger partial charge in [-0.05, 0) is 122 Å². The highest BCUT2D eigenvalue weighted by molar-refractivity contribution is 5.09. The molecule has 4 fully saturated rings. The number of hydrogen-bond donors (Lipinski definition) is 1. The van der Waals surface area contributed by atoms with Gasteiger partial charge in [-0.1, -0.05) is 54.4 Å². The number of rotatable bonds is 6. The van der Waals surface area contributed by atoms with Crippen LogP contribution < -0.4 is 0 Å². The molecule has 4 aliphatic rings. The maximum Gasteiger partial charge on any atom is 0.0543 e. The normalized spacial score (nSPS) is 44.2. The molecule has 10 atom stereocenters. The zero-order chi connectivity index (χ0) is 24.4. The minimum Gasteiger partial charge on any atom is -0.393 e. The van der Waals surface area contributed by atoms with Crippen molar-refractivity contribution >= 4 is 0 Å². The summed E-state index contributed by atoms with van der Waals surface area (Å²) in [6.07, 6.45) is 16.5. The molecule has 2 heteroatoms. The van der Waals surface area contributed by atoms with Crippen molar-refractivity contribution in [2.75, 3.05) is 14.2 Å². The van der Waals surface area contributed by atoms with Gasteiger partial charge in [-0.25, -0.2) is 0 Å². The van der Waals surface area contributed by atoms with E-state index in [1.807, 2.05) is 0 Å². The van der Waals surface area contributed by atoms with E-state index in [0.29, 0.717) is 10.8 Å². The fourth-order valence-corrected chi connectivity index (χ4v) is 9.90. The van der Waals surface area contributed by atoms with Crippen LogP contribution in [0, 0.1) is 58.2 Å². The molecule has 1 N–H and O–H groups in total. The summed E-state index contributed by atoms with van der Waals surface area (Å²) in [6, 6.07) is 0. The van der Waals surface area contributed by atoms with Gasteiger partial charge in [-0.2, -0.15) is 0 Å². The molecule has 4 saturated carbocycles. The number of hydrogen-bond acceptors (Lipinski definition) is 2. The minimum atomic E-state index is -0.0111. The van der Waals surface area contributed by atoms with Crippen molar-refractivity contribution < 1.29 is 9.84 Å². The first kappa shape index (κ1) is 27.5. The van der Waals surface area contributed by atoms with Crippen LogP contribution in [-0.4, -0.2) is 25.4 Å². The van der Waals surface area contributed by atoms with Crippen LogP contribution in [0.3, 0.4) is 0 Å². The molecule has 0 amide bonds. The van der Waals surface area contributed by atoms with E-state index in [9.17, 15) is 5.11 Å². The SMILES string of the molecule is CC[C@H](CC[C@@H](C)[C@H]1CC[C@H]2[C@@H]3CC[C@H]4C[C@@H](O)CC[C@]4(C)[C@H]3CC[C@]12C)C(C)C.COC. The molecule has 0 aliphatic heterocycles. The summed E-state index contributed by atoms with van der Waals surface area (Å²) in [5.74, 6) is 7.34. The van der Waals surface area contributed by atoms with Crippen molar-refractivity contribution in [3.05, 3.63) is 0 Å². The Morgan fingerprint density at radius 3 is 2.12 bits per heavy atom. The first-order valence-electron chi connectivity index (χ1n) is 14.7. The van der Waals surface area contributed by atoms with Crippen molar-refractivity contribution in [2.24, 2.45) is 58.2 Å². The maximum atomic E-state index is 10.3. The average Bonchev–Trinajstić information content (AvgIpc) is 3.12. The summed E-state index contributed by atoms with van der Waals surface area (Å²) in [6.45, 7) is 15.2. The lowest BCUT2D eigenvalue weighted by atomic mass is 9.44. The molecule has 0 heterocycles. The third-order valence-corrected chi connectivity index (χ3v) is 11.9. The Kier molecular flexibility index (Phi) is 9.44. The number of aliphatic hydroxyl groups excluding tert-OH is 1. The number of methoxy groups -OCH3 is 1. The van der Waals surface area contributed by atoms with Crippen LogP contribution in [0.2, 0.25) is 0 Å². The Bertz CT molecular complexity index is 602. The molecule has 0 aromatic rings. The van der Waals surface area contributed by atoms with Gasteiger partial charge in [0.1, 0.15) is 0 Å². The Balaban J connectivity index is 0.000000968. The van der Waals surface area contributed by atoms with Gasteiger partial charge in [0.05, 0.1) is 6.10 Å². The van der Waals surface area contributed by atoms with E-state index in [0.717, 1.165) is 60.2 Å². The van der Waals surface area contributed by atoms with Gasteiger partial charge < -0.3 is 9.84 Å². The molecule has 4 aliphatic carbocycles. The van der Waals surface area contributed by atoms with Crippen molar-refractivity contribution in [1.29, 1.82) is 0 Å². The topological polar surface area (TPSA) is 29.5 Å². The molecule has 33 heavy (non-hydrogen) atoms. The standard InChI is InChI=1S/C29H52O.C2H6O/c1-7-21(19(2)3)9-8-20(4)25-12-13-26-24-11-10-22-18-23(30)14-16-28(22,5)27(24)15-17-29(25,26)6;1-3-2/h19-27,30H,7-18H2,1-6H3;1-2H3/t20-,21-,22+,23+,24+,25-,26+,27+,28+,29-;/m1./s1. The Labute approximate surface area is 207 Å². The third kappa shape index (κ3) is 5.37. The van der Waals surface area contributed by atoms with Crippen molar-refractivity contribution in [3.8, 4) is 0 Å². The van der Waals surface area contributed by atoms with Gasteiger partial charge in [0.2, 0.25) is 0 Å². The summed E-state index contributed by atoms with van der Waals surface area (Å²) < 4.78 is 4.25. The summed E-state index contributed by atoms with van der Waals surface area (Å²) in [7, 11) is 3.25. The molecule has 2 nitrogen and oxygen atoms in total. The van der Waals surface area contributed by atoms with E-state index in [-0.39, 0.29) is 6.10 Å². The Hall–Kier alpha value is -0.0800. The van der Waals surface area contributed by atoms with Gasteiger partial charge in [0, 0.05) is 14.2 Å². The summed E-state index contributed by atoms with van der Waals surface area (Å²) in [4.78, 5) is 0. The van der Waals surface area contributed by atoms with Gasteiger partial charge in [-0.3, -0.25) is 0 Å². The van der Waals surface area contributed by atoms with Crippen LogP contribution in [0.25, 0.3) is 0 Å². The average molecular weight is 463 g/mol. The highest BCUT2D eigenvalue weighted by Gasteiger charge is 2.60. The monoisotopic (exact) mass is 462 g/mol. The molecule has 0 spiro atoms. The van der Waals surface area contributed by atoms with E-state index in [2.05, 4.69) is 46.3 Å². The minimum absolute atomic E-state index is 0.0111. The molecule has 4 rings (SSSR count). The second-order valence-electron chi connectivity index (χ2n) is 13.7. The quantitative estimate of drug-likeness (QED) is 0.429. The summed E-state index contributed by atoms with van der Waals surface area (Å²) >= 11 is 0. The van der Waals surface area contributed by atoms with Gasteiger partial charge in [0.25, 0.3) is 0 Å². The predicted octanol–water partition coefficient (Wildman–Crippen LogP) is 8.37. The van der Waals surface area contributed by atoms with Crippen LogP contribution in [0.5, 0.6) is 0 Å². The molecule has 194 valence electrons. The van der Waals surface area contributed by atoms with Crippen LogP contribution >= 0.6 is 0 Å². The third-order valence-electron chi connectivity index (χ3n) is 11.9. The van der Waals surface area contributed by atoms with Gasteiger partial charge >= 0.3 is 0 Å². The second-order valence-corrected chi connectivity index (χ2v) is 13.7. The molecule has 0 radical (unpaired) electrons. The van der Waals surface area contributed by atoms with Gasteiger partial charge in [-0.15, -0.1) is 0 Å². The molecular weight excluding hydrogens is 404 g/mol. The van der Waals surface area contributed by atoms with Crippen LogP contribution in [-0.2, 0) is 4.74 Å². The van der Waals surface area contributed by atoms with Crippen LogP contribution in [0.1, 0.15) is 119 Å². The van der Waals surface area contributed by atoms with Crippen LogP contribution in [0.4, 0.5) is 0 Å². The highest BCUT2D eigenvalue weighted by Crippen LogP contribution is 2.68. The van der Waals surface area contributed by atoms with Crippen molar-refractivity contribution in [2.45, 2.75) is 125 Å². The largest absolute Gasteiger partial charge is 0.393 e.